The minimum absolute atomic E-state index is 0.0919. The third kappa shape index (κ3) is 4.22. The first-order valence-corrected chi connectivity index (χ1v) is 10.1. The lowest BCUT2D eigenvalue weighted by Crippen LogP contribution is -2.25. The molecule has 3 aromatic rings. The van der Waals surface area contributed by atoms with Crippen molar-refractivity contribution in [3.63, 3.8) is 0 Å². The Morgan fingerprint density at radius 1 is 1.18 bits per heavy atom. The van der Waals surface area contributed by atoms with E-state index in [1.807, 2.05) is 31.2 Å². The van der Waals surface area contributed by atoms with Crippen LogP contribution in [0.4, 0.5) is 15.2 Å². The van der Waals surface area contributed by atoms with Crippen molar-refractivity contribution in [1.82, 2.24) is 4.98 Å². The van der Waals surface area contributed by atoms with Crippen LogP contribution < -0.4 is 9.64 Å². The highest BCUT2D eigenvalue weighted by Gasteiger charge is 2.23. The summed E-state index contributed by atoms with van der Waals surface area (Å²) in [6.07, 6.45) is 1.87. The van der Waals surface area contributed by atoms with Crippen LogP contribution in [0.15, 0.2) is 48.5 Å². The van der Waals surface area contributed by atoms with Crippen molar-refractivity contribution in [2.75, 3.05) is 12.0 Å². The molecule has 0 unspecified atom stereocenters. The first-order valence-electron chi connectivity index (χ1n) is 9.30. The number of ether oxygens (including phenoxy) is 1. The molecule has 28 heavy (non-hydrogen) atoms. The fourth-order valence-corrected chi connectivity index (χ4v) is 4.01. The molecule has 0 aliphatic rings. The molecule has 146 valence electrons. The number of hydrogen-bond acceptors (Lipinski definition) is 4. The molecule has 2 aromatic carbocycles. The van der Waals surface area contributed by atoms with Gasteiger partial charge in [-0.15, -0.1) is 11.3 Å². The molecule has 4 nitrogen and oxygen atoms in total. The van der Waals surface area contributed by atoms with Crippen LogP contribution in [0.2, 0.25) is 0 Å². The molecule has 0 spiro atoms. The number of thiazole rings is 1. The number of halogens is 1. The number of rotatable bonds is 7. The number of anilines is 2. The minimum Gasteiger partial charge on any atom is -0.497 e. The number of carbonyl (C=O) groups is 1. The van der Waals surface area contributed by atoms with E-state index in [9.17, 15) is 9.18 Å². The van der Waals surface area contributed by atoms with Gasteiger partial charge in [-0.25, -0.2) is 9.37 Å². The fraction of sp³-hybridized carbons (Fsp3) is 0.273. The summed E-state index contributed by atoms with van der Waals surface area (Å²) in [6, 6.07) is 13.8. The summed E-state index contributed by atoms with van der Waals surface area (Å²) in [5, 5.41) is 0.562. The van der Waals surface area contributed by atoms with E-state index >= 15 is 0 Å². The fourth-order valence-electron chi connectivity index (χ4n) is 2.95. The molecule has 0 atom stereocenters. The Kier molecular flexibility index (Phi) is 6.41. The molecule has 1 aromatic heterocycles. The summed E-state index contributed by atoms with van der Waals surface area (Å²) in [6.45, 7) is 4.01. The van der Waals surface area contributed by atoms with E-state index < -0.39 is 0 Å². The number of aryl methyl sites for hydroxylation is 1. The van der Waals surface area contributed by atoms with Crippen molar-refractivity contribution in [1.29, 1.82) is 0 Å². The highest BCUT2D eigenvalue weighted by molar-refractivity contribution is 7.16. The van der Waals surface area contributed by atoms with Gasteiger partial charge in [0.05, 0.1) is 18.5 Å². The van der Waals surface area contributed by atoms with E-state index in [2.05, 4.69) is 6.92 Å². The van der Waals surface area contributed by atoms with Crippen molar-refractivity contribution in [2.24, 2.45) is 0 Å². The van der Waals surface area contributed by atoms with Crippen molar-refractivity contribution in [3.05, 3.63) is 59.2 Å². The van der Waals surface area contributed by atoms with Gasteiger partial charge in [-0.05, 0) is 55.3 Å². The van der Waals surface area contributed by atoms with Crippen LogP contribution in [0.25, 0.3) is 11.3 Å². The van der Waals surface area contributed by atoms with Crippen molar-refractivity contribution in [3.8, 4) is 17.0 Å². The van der Waals surface area contributed by atoms with E-state index in [0.717, 1.165) is 28.3 Å². The average molecular weight is 399 g/mol. The van der Waals surface area contributed by atoms with Gasteiger partial charge in [-0.1, -0.05) is 19.9 Å². The Morgan fingerprint density at radius 2 is 1.93 bits per heavy atom. The van der Waals surface area contributed by atoms with Crippen LogP contribution in [-0.4, -0.2) is 18.0 Å². The summed E-state index contributed by atoms with van der Waals surface area (Å²) >= 11 is 1.47. The molecule has 3 rings (SSSR count). The van der Waals surface area contributed by atoms with Crippen LogP contribution in [0.1, 0.15) is 31.6 Å². The Morgan fingerprint density at radius 3 is 2.54 bits per heavy atom. The number of methoxy groups -OCH3 is 1. The maximum Gasteiger partial charge on any atom is 0.233 e. The average Bonchev–Trinajstić information content (AvgIpc) is 3.12. The van der Waals surface area contributed by atoms with Gasteiger partial charge < -0.3 is 4.74 Å². The monoisotopic (exact) mass is 398 g/mol. The lowest BCUT2D eigenvalue weighted by atomic mass is 10.1. The summed E-state index contributed by atoms with van der Waals surface area (Å²) in [7, 11) is 1.63. The SMILES string of the molecule is CCCC(=O)N(c1cccc(F)c1)c1nc(-c2ccc(OC)cc2)c(CC)s1. The smallest absolute Gasteiger partial charge is 0.233 e. The summed E-state index contributed by atoms with van der Waals surface area (Å²) in [4.78, 5) is 20.2. The van der Waals surface area contributed by atoms with Gasteiger partial charge in [-0.2, -0.15) is 0 Å². The molecule has 0 saturated heterocycles. The molecular formula is C22H23FN2O2S. The van der Waals surface area contributed by atoms with Crippen LogP contribution in [0.3, 0.4) is 0 Å². The van der Waals surface area contributed by atoms with Crippen LogP contribution in [-0.2, 0) is 11.2 Å². The number of amides is 1. The molecule has 6 heteroatoms. The van der Waals surface area contributed by atoms with Gasteiger partial charge in [0.15, 0.2) is 5.13 Å². The standard InChI is InChI=1S/C22H23FN2O2S/c1-4-7-20(26)25(17-9-6-8-16(23)14-17)22-24-21(19(5-2)28-22)15-10-12-18(27-3)13-11-15/h6,8-14H,4-5,7H2,1-3H3. The van der Waals surface area contributed by atoms with Gasteiger partial charge in [-0.3, -0.25) is 9.69 Å². The number of carbonyl (C=O) groups excluding carboxylic acids is 1. The highest BCUT2D eigenvalue weighted by Crippen LogP contribution is 2.37. The van der Waals surface area contributed by atoms with E-state index in [4.69, 9.17) is 9.72 Å². The largest absolute Gasteiger partial charge is 0.497 e. The molecule has 0 aliphatic carbocycles. The number of aromatic nitrogens is 1. The van der Waals surface area contributed by atoms with Gasteiger partial charge in [0.1, 0.15) is 11.6 Å². The molecule has 1 heterocycles. The predicted octanol–water partition coefficient (Wildman–Crippen LogP) is 5.99. The second-order valence-electron chi connectivity index (χ2n) is 6.31. The molecule has 0 N–H and O–H groups in total. The maximum absolute atomic E-state index is 13.8. The number of nitrogens with zero attached hydrogens (tertiary/aromatic N) is 2. The summed E-state index contributed by atoms with van der Waals surface area (Å²) in [5.74, 6) is 0.303. The lowest BCUT2D eigenvalue weighted by Gasteiger charge is -2.20. The zero-order valence-electron chi connectivity index (χ0n) is 16.2. The van der Waals surface area contributed by atoms with Crippen LogP contribution in [0.5, 0.6) is 5.75 Å². The maximum atomic E-state index is 13.8. The van der Waals surface area contributed by atoms with Gasteiger partial charge in [0.2, 0.25) is 5.91 Å². The summed E-state index contributed by atoms with van der Waals surface area (Å²) < 4.78 is 19.0. The second kappa shape index (κ2) is 8.97. The zero-order valence-corrected chi connectivity index (χ0v) is 17.1. The van der Waals surface area contributed by atoms with Gasteiger partial charge >= 0.3 is 0 Å². The molecule has 0 radical (unpaired) electrons. The normalized spacial score (nSPS) is 10.7. The van der Waals surface area contributed by atoms with Crippen molar-refractivity contribution >= 4 is 28.1 Å². The van der Waals surface area contributed by atoms with E-state index in [0.29, 0.717) is 23.7 Å². The molecule has 1 amide bonds. The molecule has 0 aliphatic heterocycles. The second-order valence-corrected chi connectivity index (χ2v) is 7.37. The third-order valence-electron chi connectivity index (χ3n) is 4.34. The third-order valence-corrected chi connectivity index (χ3v) is 5.53. The topological polar surface area (TPSA) is 42.4 Å². The Labute approximate surface area is 168 Å². The van der Waals surface area contributed by atoms with E-state index in [1.54, 1.807) is 19.2 Å². The summed E-state index contributed by atoms with van der Waals surface area (Å²) in [5.41, 5.74) is 2.30. The van der Waals surface area contributed by atoms with Crippen LogP contribution in [0, 0.1) is 5.82 Å². The molecule has 0 saturated carbocycles. The van der Waals surface area contributed by atoms with Gasteiger partial charge in [0.25, 0.3) is 0 Å². The Bertz CT molecular complexity index is 953. The van der Waals surface area contributed by atoms with E-state index in [1.165, 1.54) is 28.4 Å². The van der Waals surface area contributed by atoms with Crippen molar-refractivity contribution in [2.45, 2.75) is 33.1 Å². The lowest BCUT2D eigenvalue weighted by molar-refractivity contribution is -0.117. The molecular weight excluding hydrogens is 375 g/mol. The number of hydrogen-bond donors (Lipinski definition) is 0. The molecule has 0 bridgehead atoms. The van der Waals surface area contributed by atoms with Crippen LogP contribution >= 0.6 is 11.3 Å². The quantitative estimate of drug-likeness (QED) is 0.491. The first kappa shape index (κ1) is 20.0. The Hall–Kier alpha value is -2.73. The zero-order chi connectivity index (χ0) is 20.1. The van der Waals surface area contributed by atoms with Gasteiger partial charge in [0, 0.05) is 16.9 Å². The number of benzene rings is 2. The Balaban J connectivity index is 2.07. The highest BCUT2D eigenvalue weighted by atomic mass is 32.1. The van der Waals surface area contributed by atoms with E-state index in [-0.39, 0.29) is 11.7 Å². The predicted molar refractivity (Wildman–Crippen MR) is 112 cm³/mol. The minimum atomic E-state index is -0.380. The molecule has 0 fully saturated rings. The first-order chi connectivity index (χ1) is 13.6. The van der Waals surface area contributed by atoms with Crippen molar-refractivity contribution < 1.29 is 13.9 Å².